The van der Waals surface area contributed by atoms with Gasteiger partial charge in [0.1, 0.15) is 0 Å². The summed E-state index contributed by atoms with van der Waals surface area (Å²) in [5.41, 5.74) is 0. The molecule has 0 spiro atoms. The second-order valence-corrected chi connectivity index (χ2v) is 14.9. The first-order valence-electron chi connectivity index (χ1n) is 12.8. The van der Waals surface area contributed by atoms with Gasteiger partial charge in [0.25, 0.3) is 0 Å². The van der Waals surface area contributed by atoms with Crippen molar-refractivity contribution in [1.82, 2.24) is 0 Å². The molecular formula is C31H42O5Si. The van der Waals surface area contributed by atoms with Crippen LogP contribution in [0.1, 0.15) is 47.5 Å². The number of esters is 2. The quantitative estimate of drug-likeness (QED) is 0.119. The molecule has 0 amide bonds. The van der Waals surface area contributed by atoms with Gasteiger partial charge < -0.3 is 13.9 Å². The highest BCUT2D eigenvalue weighted by molar-refractivity contribution is 6.99. The van der Waals surface area contributed by atoms with E-state index >= 15 is 0 Å². The number of methoxy groups -OCH3 is 2. The Bertz CT molecular complexity index is 999. The monoisotopic (exact) mass is 522 g/mol. The van der Waals surface area contributed by atoms with Gasteiger partial charge in [-0.1, -0.05) is 108 Å². The molecule has 2 aromatic rings. The fourth-order valence-electron chi connectivity index (χ4n) is 4.74. The van der Waals surface area contributed by atoms with Crippen LogP contribution >= 0.6 is 0 Å². The molecule has 0 aromatic heterocycles. The van der Waals surface area contributed by atoms with E-state index in [1.807, 2.05) is 18.2 Å². The van der Waals surface area contributed by atoms with Gasteiger partial charge in [0.15, 0.2) is 5.92 Å². The summed E-state index contributed by atoms with van der Waals surface area (Å²) in [6.45, 7) is 15.2. The molecule has 0 radical (unpaired) electrons. The molecule has 0 saturated heterocycles. The number of ether oxygens (including phenoxy) is 2. The predicted octanol–water partition coefficient (Wildman–Crippen LogP) is 5.65. The van der Waals surface area contributed by atoms with Crippen LogP contribution in [0.15, 0.2) is 85.2 Å². The van der Waals surface area contributed by atoms with E-state index in [1.165, 1.54) is 24.6 Å². The Morgan fingerprint density at radius 2 is 1.32 bits per heavy atom. The average Bonchev–Trinajstić information content (AvgIpc) is 2.88. The second kappa shape index (κ2) is 13.4. The molecule has 0 bridgehead atoms. The summed E-state index contributed by atoms with van der Waals surface area (Å²) in [7, 11) is -0.197. The molecule has 2 aromatic carbocycles. The molecule has 0 N–H and O–H groups in total. The number of carbonyl (C=O) groups is 2. The average molecular weight is 523 g/mol. The summed E-state index contributed by atoms with van der Waals surface area (Å²) in [6.07, 6.45) is 4.98. The molecule has 6 heteroatoms. The molecular weight excluding hydrogens is 480 g/mol. The van der Waals surface area contributed by atoms with Crippen molar-refractivity contribution in [1.29, 1.82) is 0 Å². The van der Waals surface area contributed by atoms with Gasteiger partial charge in [-0.25, -0.2) is 0 Å². The maximum absolute atomic E-state index is 12.1. The van der Waals surface area contributed by atoms with Crippen molar-refractivity contribution < 1.29 is 23.5 Å². The lowest BCUT2D eigenvalue weighted by Gasteiger charge is -2.43. The summed E-state index contributed by atoms with van der Waals surface area (Å²) >= 11 is 0. The highest BCUT2D eigenvalue weighted by Gasteiger charge is 2.52. The molecule has 2 rings (SSSR count). The third-order valence-corrected chi connectivity index (χ3v) is 11.8. The van der Waals surface area contributed by atoms with Crippen LogP contribution in [0.25, 0.3) is 0 Å². The SMILES string of the molecule is C=C(/C=C/C(CCC(C(=O)OC)C(=O)OC)C(C)C)O[Si](c1ccccc1)(c1ccccc1)C(C)(C)C. The van der Waals surface area contributed by atoms with Gasteiger partial charge in [0.05, 0.1) is 20.0 Å². The Kier molecular flexibility index (Phi) is 10.9. The lowest BCUT2D eigenvalue weighted by molar-refractivity contribution is -0.159. The molecule has 0 aliphatic rings. The second-order valence-electron chi connectivity index (χ2n) is 10.7. The molecule has 1 atom stereocenters. The number of carbonyl (C=O) groups excluding carboxylic acids is 2. The van der Waals surface area contributed by atoms with Gasteiger partial charge in [-0.15, -0.1) is 0 Å². The summed E-state index contributed by atoms with van der Waals surface area (Å²) in [4.78, 5) is 24.2. The Labute approximate surface area is 223 Å². The van der Waals surface area contributed by atoms with Gasteiger partial charge >= 0.3 is 20.3 Å². The van der Waals surface area contributed by atoms with Crippen molar-refractivity contribution in [3.8, 4) is 0 Å². The number of rotatable bonds is 12. The highest BCUT2D eigenvalue weighted by atomic mass is 28.4. The third-order valence-electron chi connectivity index (χ3n) is 6.85. The topological polar surface area (TPSA) is 61.8 Å². The summed E-state index contributed by atoms with van der Waals surface area (Å²) in [6, 6.07) is 20.9. The number of hydrogen-bond donors (Lipinski definition) is 0. The van der Waals surface area contributed by atoms with E-state index in [0.717, 1.165) is 0 Å². The third kappa shape index (κ3) is 7.45. The standard InChI is InChI=1S/C31H42O5Si/c1-23(2)25(21-22-28(29(32)34-7)30(33)35-8)20-19-24(3)36-37(31(4,5)6,26-15-11-9-12-16-26)27-17-13-10-14-18-27/h9-20,23,25,28H,3,21-22H2,1-2,4-8H3/b20-19+. The van der Waals surface area contributed by atoms with Crippen LogP contribution in [0.5, 0.6) is 0 Å². The van der Waals surface area contributed by atoms with Crippen LogP contribution in [-0.4, -0.2) is 34.5 Å². The largest absolute Gasteiger partial charge is 0.534 e. The van der Waals surface area contributed by atoms with E-state index < -0.39 is 26.2 Å². The van der Waals surface area contributed by atoms with Crippen molar-refractivity contribution in [2.75, 3.05) is 14.2 Å². The molecule has 0 aliphatic heterocycles. The molecule has 1 unspecified atom stereocenters. The summed E-state index contributed by atoms with van der Waals surface area (Å²) in [5, 5.41) is 2.20. The Morgan fingerprint density at radius 3 is 1.70 bits per heavy atom. The zero-order chi connectivity index (χ0) is 27.6. The lowest BCUT2D eigenvalue weighted by atomic mass is 9.87. The first kappa shape index (κ1) is 30.1. The van der Waals surface area contributed by atoms with Gasteiger partial charge in [-0.3, -0.25) is 9.59 Å². The van der Waals surface area contributed by atoms with Crippen molar-refractivity contribution in [2.24, 2.45) is 17.8 Å². The maximum atomic E-state index is 12.1. The van der Waals surface area contributed by atoms with E-state index in [0.29, 0.717) is 18.6 Å². The van der Waals surface area contributed by atoms with Crippen molar-refractivity contribution in [2.45, 2.75) is 52.5 Å². The molecule has 0 heterocycles. The number of allylic oxidation sites excluding steroid dienone is 2. The molecule has 200 valence electrons. The zero-order valence-electron chi connectivity index (χ0n) is 23.3. The van der Waals surface area contributed by atoms with Gasteiger partial charge in [0.2, 0.25) is 0 Å². The van der Waals surface area contributed by atoms with E-state index in [4.69, 9.17) is 13.9 Å². The minimum atomic E-state index is -2.76. The van der Waals surface area contributed by atoms with Crippen LogP contribution in [0.4, 0.5) is 0 Å². The Hall–Kier alpha value is -3.12. The van der Waals surface area contributed by atoms with Crippen LogP contribution < -0.4 is 10.4 Å². The summed E-state index contributed by atoms with van der Waals surface area (Å²) in [5.74, 6) is -1.08. The normalized spacial score (nSPS) is 13.0. The van der Waals surface area contributed by atoms with Gasteiger partial charge in [0, 0.05) is 0 Å². The molecule has 37 heavy (non-hydrogen) atoms. The van der Waals surface area contributed by atoms with Crippen LogP contribution in [0, 0.1) is 17.8 Å². The number of benzene rings is 2. The molecule has 0 fully saturated rings. The molecule has 5 nitrogen and oxygen atoms in total. The Balaban J connectivity index is 2.35. The maximum Gasteiger partial charge on any atom is 0.320 e. The predicted molar refractivity (Wildman–Crippen MR) is 152 cm³/mol. The van der Waals surface area contributed by atoms with Crippen molar-refractivity contribution >= 4 is 30.6 Å². The van der Waals surface area contributed by atoms with E-state index in [-0.39, 0.29) is 16.9 Å². The first-order chi connectivity index (χ1) is 17.5. The van der Waals surface area contributed by atoms with E-state index in [2.05, 4.69) is 95.8 Å². The van der Waals surface area contributed by atoms with Gasteiger partial charge in [-0.05, 0) is 46.2 Å². The summed E-state index contributed by atoms with van der Waals surface area (Å²) < 4.78 is 16.6. The fraction of sp³-hybridized carbons (Fsp3) is 0.419. The van der Waals surface area contributed by atoms with Crippen LogP contribution in [-0.2, 0) is 23.5 Å². The zero-order valence-corrected chi connectivity index (χ0v) is 24.3. The fourth-order valence-corrected chi connectivity index (χ4v) is 9.13. The van der Waals surface area contributed by atoms with Crippen molar-refractivity contribution in [3.05, 3.63) is 85.2 Å². The number of hydrogen-bond acceptors (Lipinski definition) is 5. The van der Waals surface area contributed by atoms with Crippen LogP contribution in [0.2, 0.25) is 5.04 Å². The van der Waals surface area contributed by atoms with Gasteiger partial charge in [-0.2, -0.15) is 0 Å². The van der Waals surface area contributed by atoms with Crippen molar-refractivity contribution in [3.63, 3.8) is 0 Å². The minimum absolute atomic E-state index is 0.108. The minimum Gasteiger partial charge on any atom is -0.534 e. The first-order valence-corrected chi connectivity index (χ1v) is 14.7. The smallest absolute Gasteiger partial charge is 0.320 e. The lowest BCUT2D eigenvalue weighted by Crippen LogP contribution is -2.66. The molecule has 0 saturated carbocycles. The molecule has 0 aliphatic carbocycles. The van der Waals surface area contributed by atoms with E-state index in [1.54, 1.807) is 0 Å². The Morgan fingerprint density at radius 1 is 0.865 bits per heavy atom. The highest BCUT2D eigenvalue weighted by Crippen LogP contribution is 2.38. The van der Waals surface area contributed by atoms with Crippen LogP contribution in [0.3, 0.4) is 0 Å². The van der Waals surface area contributed by atoms with E-state index in [9.17, 15) is 9.59 Å².